The van der Waals surface area contributed by atoms with Crippen molar-refractivity contribution in [2.75, 3.05) is 0 Å². The Morgan fingerprint density at radius 3 is 2.09 bits per heavy atom. The normalized spacial score (nSPS) is 11.7. The molecule has 0 N–H and O–H groups in total. The van der Waals surface area contributed by atoms with Crippen LogP contribution in [0.4, 0.5) is 0 Å². The molecule has 0 saturated heterocycles. The number of hydrogen-bond acceptors (Lipinski definition) is 3. The highest BCUT2D eigenvalue weighted by Crippen LogP contribution is 2.36. The molecule has 0 atom stereocenters. The first-order chi connectivity index (χ1) is 21.2. The first kappa shape index (κ1) is 23.6. The molecule has 5 heteroatoms. The number of nitriles is 1. The molecular formula is C38H22N4O. The van der Waals surface area contributed by atoms with Gasteiger partial charge in [0.25, 0.3) is 0 Å². The van der Waals surface area contributed by atoms with Crippen molar-refractivity contribution < 1.29 is 4.42 Å². The molecule has 5 nitrogen and oxygen atoms in total. The summed E-state index contributed by atoms with van der Waals surface area (Å²) in [6.07, 6.45) is 2.10. The Morgan fingerprint density at radius 1 is 0.605 bits per heavy atom. The van der Waals surface area contributed by atoms with Gasteiger partial charge in [0.05, 0.1) is 22.7 Å². The van der Waals surface area contributed by atoms with Gasteiger partial charge in [0.2, 0.25) is 5.71 Å². The quantitative estimate of drug-likeness (QED) is 0.220. The fourth-order valence-electron chi connectivity index (χ4n) is 6.30. The fraction of sp³-hybridized carbons (Fsp3) is 0. The second kappa shape index (κ2) is 8.94. The molecule has 0 saturated carbocycles. The van der Waals surface area contributed by atoms with Crippen LogP contribution in [0, 0.1) is 11.3 Å². The van der Waals surface area contributed by atoms with E-state index in [0.717, 1.165) is 77.6 Å². The summed E-state index contributed by atoms with van der Waals surface area (Å²) in [6.45, 7) is 0. The molecule has 9 rings (SSSR count). The van der Waals surface area contributed by atoms with Crippen LogP contribution in [0.15, 0.2) is 138 Å². The molecule has 9 aromatic rings. The summed E-state index contributed by atoms with van der Waals surface area (Å²) in [5.74, 6) is 0. The predicted octanol–water partition coefficient (Wildman–Crippen LogP) is 9.54. The van der Waals surface area contributed by atoms with Gasteiger partial charge in [0.15, 0.2) is 0 Å². The number of rotatable bonds is 3. The highest BCUT2D eigenvalue weighted by molar-refractivity contribution is 6.10. The maximum atomic E-state index is 9.58. The Kier molecular flexibility index (Phi) is 4.90. The Labute approximate surface area is 246 Å². The van der Waals surface area contributed by atoms with E-state index in [4.69, 9.17) is 9.40 Å². The van der Waals surface area contributed by atoms with Crippen molar-refractivity contribution in [1.82, 2.24) is 14.0 Å². The molecule has 0 aliphatic carbocycles. The molecule has 0 aliphatic heterocycles. The molecule has 43 heavy (non-hydrogen) atoms. The van der Waals surface area contributed by atoms with E-state index in [2.05, 4.69) is 83.6 Å². The number of hydrogen-bond donors (Lipinski definition) is 0. The largest absolute Gasteiger partial charge is 0.437 e. The zero-order valence-electron chi connectivity index (χ0n) is 22.9. The van der Waals surface area contributed by atoms with Gasteiger partial charge >= 0.3 is 0 Å². The lowest BCUT2D eigenvalue weighted by molar-refractivity contribution is 0.649. The minimum atomic E-state index is 0.651. The lowest BCUT2D eigenvalue weighted by Gasteiger charge is -2.09. The van der Waals surface area contributed by atoms with Gasteiger partial charge in [-0.2, -0.15) is 5.26 Å². The van der Waals surface area contributed by atoms with E-state index in [0.29, 0.717) is 5.56 Å². The van der Waals surface area contributed by atoms with Crippen molar-refractivity contribution in [3.8, 4) is 34.0 Å². The van der Waals surface area contributed by atoms with Gasteiger partial charge in [-0.25, -0.2) is 4.98 Å². The van der Waals surface area contributed by atoms with Crippen LogP contribution < -0.4 is 0 Å². The smallest absolute Gasteiger partial charge is 0.232 e. The molecule has 0 bridgehead atoms. The second-order valence-electron chi connectivity index (χ2n) is 10.8. The molecule has 0 amide bonds. The average molecular weight is 551 g/mol. The van der Waals surface area contributed by atoms with Crippen molar-refractivity contribution >= 4 is 49.7 Å². The van der Waals surface area contributed by atoms with E-state index in [1.165, 1.54) is 0 Å². The molecule has 4 heterocycles. The number of furan rings is 1. The summed E-state index contributed by atoms with van der Waals surface area (Å²) < 4.78 is 10.5. The van der Waals surface area contributed by atoms with Gasteiger partial charge in [-0.15, -0.1) is 0 Å². The summed E-state index contributed by atoms with van der Waals surface area (Å²) in [5, 5.41) is 12.9. The van der Waals surface area contributed by atoms with Gasteiger partial charge in [0.1, 0.15) is 16.7 Å². The molecule has 5 aromatic carbocycles. The molecule has 0 radical (unpaired) electrons. The first-order valence-electron chi connectivity index (χ1n) is 14.2. The Morgan fingerprint density at radius 2 is 1.28 bits per heavy atom. The molecule has 200 valence electrons. The Hall–Kier alpha value is -6.12. The molecule has 4 aromatic heterocycles. The lowest BCUT2D eigenvalue weighted by Crippen LogP contribution is -1.93. The SMILES string of the molecule is N#Cc1ccc2c3ccc(-c4ccc(-c5ccc6nc7c8ccccc8oc7n6c5)cc4)cc3n(-c3ccccc3)c2c1. The van der Waals surface area contributed by atoms with Gasteiger partial charge in [-0.1, -0.05) is 72.8 Å². The summed E-state index contributed by atoms with van der Waals surface area (Å²) in [4.78, 5) is 4.82. The number of aromatic nitrogens is 3. The molecule has 0 spiro atoms. The van der Waals surface area contributed by atoms with E-state index in [9.17, 15) is 5.26 Å². The third kappa shape index (κ3) is 3.54. The van der Waals surface area contributed by atoms with Crippen LogP contribution >= 0.6 is 0 Å². The zero-order valence-corrected chi connectivity index (χ0v) is 22.9. The fourth-order valence-corrected chi connectivity index (χ4v) is 6.30. The van der Waals surface area contributed by atoms with E-state index < -0.39 is 0 Å². The summed E-state index contributed by atoms with van der Waals surface area (Å²) in [6, 6.07) is 46.0. The number of para-hydroxylation sites is 2. The van der Waals surface area contributed by atoms with Crippen molar-refractivity contribution in [2.45, 2.75) is 0 Å². The minimum absolute atomic E-state index is 0.651. The number of imidazole rings is 1. The third-order valence-corrected chi connectivity index (χ3v) is 8.39. The summed E-state index contributed by atoms with van der Waals surface area (Å²) in [5.41, 5.74) is 11.7. The van der Waals surface area contributed by atoms with Gasteiger partial charge in [0, 0.05) is 28.0 Å². The van der Waals surface area contributed by atoms with Crippen LogP contribution in [0.1, 0.15) is 5.56 Å². The first-order valence-corrected chi connectivity index (χ1v) is 14.2. The van der Waals surface area contributed by atoms with Crippen molar-refractivity contribution in [2.24, 2.45) is 0 Å². The van der Waals surface area contributed by atoms with Crippen LogP contribution in [0.25, 0.3) is 77.6 Å². The van der Waals surface area contributed by atoms with E-state index >= 15 is 0 Å². The van der Waals surface area contributed by atoms with Crippen LogP contribution in [0.3, 0.4) is 0 Å². The zero-order chi connectivity index (χ0) is 28.5. The molecule has 0 unspecified atom stereocenters. The summed E-state index contributed by atoms with van der Waals surface area (Å²) >= 11 is 0. The number of nitrogens with zero attached hydrogens (tertiary/aromatic N) is 4. The standard InChI is InChI=1S/C38H22N4O/c39-22-24-10-17-30-31-18-15-27(21-34(31)42(33(30)20-24)29-6-2-1-3-7-29)25-11-13-26(14-12-25)28-16-19-36-40-37-32-8-4-5-9-35(32)43-38(37)41(36)23-28/h1-21,23H. The minimum Gasteiger partial charge on any atom is -0.437 e. The van der Waals surface area contributed by atoms with Crippen LogP contribution in [0.2, 0.25) is 0 Å². The van der Waals surface area contributed by atoms with Gasteiger partial charge in [-0.3, -0.25) is 4.40 Å². The monoisotopic (exact) mass is 550 g/mol. The van der Waals surface area contributed by atoms with Crippen molar-refractivity contribution in [1.29, 1.82) is 5.26 Å². The molecular weight excluding hydrogens is 528 g/mol. The number of pyridine rings is 1. The van der Waals surface area contributed by atoms with Gasteiger partial charge in [-0.05, 0) is 76.9 Å². The average Bonchev–Trinajstić information content (AvgIpc) is 3.72. The van der Waals surface area contributed by atoms with Crippen molar-refractivity contribution in [3.63, 3.8) is 0 Å². The predicted molar refractivity (Wildman–Crippen MR) is 172 cm³/mol. The third-order valence-electron chi connectivity index (χ3n) is 8.39. The lowest BCUT2D eigenvalue weighted by atomic mass is 10.00. The van der Waals surface area contributed by atoms with Gasteiger partial charge < -0.3 is 8.98 Å². The molecule has 0 aliphatic rings. The molecule has 0 fully saturated rings. The van der Waals surface area contributed by atoms with Crippen LogP contribution in [0.5, 0.6) is 0 Å². The van der Waals surface area contributed by atoms with Crippen LogP contribution in [-0.2, 0) is 0 Å². The van der Waals surface area contributed by atoms with Crippen molar-refractivity contribution in [3.05, 3.63) is 139 Å². The Bertz CT molecular complexity index is 2560. The Balaban J connectivity index is 1.15. The highest BCUT2D eigenvalue weighted by atomic mass is 16.3. The number of benzene rings is 5. The second-order valence-corrected chi connectivity index (χ2v) is 10.8. The maximum absolute atomic E-state index is 9.58. The summed E-state index contributed by atoms with van der Waals surface area (Å²) in [7, 11) is 0. The van der Waals surface area contributed by atoms with E-state index in [1.807, 2.05) is 65.1 Å². The van der Waals surface area contributed by atoms with E-state index in [1.54, 1.807) is 0 Å². The van der Waals surface area contributed by atoms with Crippen LogP contribution in [-0.4, -0.2) is 14.0 Å². The van der Waals surface area contributed by atoms with E-state index in [-0.39, 0.29) is 0 Å². The highest BCUT2D eigenvalue weighted by Gasteiger charge is 2.16. The number of fused-ring (bicyclic) bond motifs is 8. The topological polar surface area (TPSA) is 59.2 Å². The maximum Gasteiger partial charge on any atom is 0.232 e.